The first-order valence-corrected chi connectivity index (χ1v) is 10.8. The van der Waals surface area contributed by atoms with Gasteiger partial charge in [0.2, 0.25) is 5.91 Å². The molecule has 6 nitrogen and oxygen atoms in total. The molecule has 0 saturated carbocycles. The molecule has 0 aromatic carbocycles. The Bertz CT molecular complexity index is 1020. The highest BCUT2D eigenvalue weighted by Crippen LogP contribution is 2.30. The van der Waals surface area contributed by atoms with Gasteiger partial charge in [-0.1, -0.05) is 31.7 Å². The van der Waals surface area contributed by atoms with Crippen molar-refractivity contribution >= 4 is 39.2 Å². The van der Waals surface area contributed by atoms with Gasteiger partial charge in [0.15, 0.2) is 5.16 Å². The number of carbonyl (C=O) groups excluding carboxylic acids is 1. The van der Waals surface area contributed by atoms with E-state index < -0.39 is 10.8 Å². The molecule has 2 atom stereocenters. The van der Waals surface area contributed by atoms with Gasteiger partial charge >= 0.3 is 0 Å². The maximum atomic E-state index is 13.0. The van der Waals surface area contributed by atoms with Gasteiger partial charge in [0.05, 0.1) is 16.7 Å². The summed E-state index contributed by atoms with van der Waals surface area (Å²) in [5.41, 5.74) is -0.128. The van der Waals surface area contributed by atoms with Crippen molar-refractivity contribution in [2.24, 2.45) is 5.92 Å². The first-order chi connectivity index (χ1) is 13.1. The normalized spacial score (nSPS) is 14.5. The molecule has 0 spiro atoms. The molecule has 2 rings (SSSR count). The third kappa shape index (κ3) is 4.15. The number of amides is 1. The minimum absolute atomic E-state index is 0.0378. The van der Waals surface area contributed by atoms with Crippen LogP contribution in [-0.2, 0) is 11.3 Å². The van der Waals surface area contributed by atoms with Crippen LogP contribution in [0.15, 0.2) is 22.6 Å². The van der Waals surface area contributed by atoms with Gasteiger partial charge in [-0.2, -0.15) is 5.26 Å². The Balaban J connectivity index is 2.41. The maximum Gasteiger partial charge on any atom is 0.263 e. The highest BCUT2D eigenvalue weighted by atomic mass is 32.2. The summed E-state index contributed by atoms with van der Waals surface area (Å²) in [6.45, 7) is 15.2. The second-order valence-corrected chi connectivity index (χ2v) is 9.79. The van der Waals surface area contributed by atoms with Crippen LogP contribution in [0.2, 0.25) is 0 Å². The zero-order valence-electron chi connectivity index (χ0n) is 17.1. The molecule has 1 amide bonds. The van der Waals surface area contributed by atoms with E-state index in [1.807, 2.05) is 27.7 Å². The first-order valence-electron chi connectivity index (χ1n) is 9.07. The van der Waals surface area contributed by atoms with Gasteiger partial charge in [0, 0.05) is 11.4 Å². The van der Waals surface area contributed by atoms with E-state index in [-0.39, 0.29) is 17.4 Å². The summed E-state index contributed by atoms with van der Waals surface area (Å²) in [6.07, 6.45) is 1.64. The second-order valence-electron chi connectivity index (χ2n) is 7.28. The number of hydrogen-bond acceptors (Lipinski definition) is 6. The first kappa shape index (κ1) is 22.2. The van der Waals surface area contributed by atoms with Gasteiger partial charge in [-0.15, -0.1) is 17.9 Å². The summed E-state index contributed by atoms with van der Waals surface area (Å²) in [7, 11) is 0. The van der Waals surface area contributed by atoms with Crippen molar-refractivity contribution in [2.45, 2.75) is 64.0 Å². The van der Waals surface area contributed by atoms with E-state index in [0.717, 1.165) is 10.4 Å². The number of nitrogens with one attached hydrogen (secondary N) is 1. The molecular weight excluding hydrogens is 392 g/mol. The number of hydrogen-bond donors (Lipinski definition) is 1. The van der Waals surface area contributed by atoms with Crippen molar-refractivity contribution in [3.63, 3.8) is 0 Å². The molecule has 8 heteroatoms. The quantitative estimate of drug-likeness (QED) is 0.420. The van der Waals surface area contributed by atoms with Gasteiger partial charge in [-0.3, -0.25) is 14.2 Å². The van der Waals surface area contributed by atoms with Crippen molar-refractivity contribution in [3.8, 4) is 6.07 Å². The van der Waals surface area contributed by atoms with Crippen LogP contribution < -0.4 is 10.9 Å². The Labute approximate surface area is 173 Å². The summed E-state index contributed by atoms with van der Waals surface area (Å²) in [6, 6.07) is 2.18. The third-order valence-electron chi connectivity index (χ3n) is 4.99. The van der Waals surface area contributed by atoms with Crippen molar-refractivity contribution in [1.29, 1.82) is 5.26 Å². The molecule has 1 N–H and O–H groups in total. The predicted molar refractivity (Wildman–Crippen MR) is 116 cm³/mol. The van der Waals surface area contributed by atoms with Crippen molar-refractivity contribution in [3.05, 3.63) is 33.4 Å². The fourth-order valence-corrected chi connectivity index (χ4v) is 4.55. The molecule has 0 aliphatic carbocycles. The number of rotatable bonds is 7. The van der Waals surface area contributed by atoms with Crippen molar-refractivity contribution in [1.82, 2.24) is 14.9 Å². The van der Waals surface area contributed by atoms with Crippen LogP contribution in [0.4, 0.5) is 0 Å². The molecule has 2 aromatic rings. The lowest BCUT2D eigenvalue weighted by Crippen LogP contribution is -2.51. The molecule has 0 radical (unpaired) electrons. The van der Waals surface area contributed by atoms with Crippen LogP contribution in [0.1, 0.15) is 38.1 Å². The topological polar surface area (TPSA) is 87.8 Å². The zero-order valence-corrected chi connectivity index (χ0v) is 18.8. The lowest BCUT2D eigenvalue weighted by molar-refractivity contribution is -0.121. The zero-order chi connectivity index (χ0) is 21.2. The molecule has 0 fully saturated rings. The lowest BCUT2D eigenvalue weighted by Gasteiger charge is -2.28. The van der Waals surface area contributed by atoms with Crippen LogP contribution in [0.3, 0.4) is 0 Å². The van der Waals surface area contributed by atoms with E-state index in [4.69, 9.17) is 0 Å². The van der Waals surface area contributed by atoms with Gasteiger partial charge in [-0.25, -0.2) is 4.98 Å². The Morgan fingerprint density at radius 3 is 2.64 bits per heavy atom. The Kier molecular flexibility index (Phi) is 6.73. The van der Waals surface area contributed by atoms with Crippen LogP contribution in [0, 0.1) is 31.1 Å². The van der Waals surface area contributed by atoms with Gasteiger partial charge in [-0.05, 0) is 39.2 Å². The van der Waals surface area contributed by atoms with Gasteiger partial charge < -0.3 is 5.32 Å². The summed E-state index contributed by atoms with van der Waals surface area (Å²) >= 11 is 2.69. The van der Waals surface area contributed by atoms with Gasteiger partial charge in [0.1, 0.15) is 10.4 Å². The molecule has 28 heavy (non-hydrogen) atoms. The predicted octanol–water partition coefficient (Wildman–Crippen LogP) is 3.80. The third-order valence-corrected chi connectivity index (χ3v) is 7.18. The van der Waals surface area contributed by atoms with E-state index in [1.54, 1.807) is 24.5 Å². The lowest BCUT2D eigenvalue weighted by atomic mass is 9.90. The number of nitriles is 1. The fraction of sp³-hybridized carbons (Fsp3) is 0.500. The molecule has 0 aliphatic rings. The number of thiophene rings is 1. The van der Waals surface area contributed by atoms with Crippen LogP contribution in [-0.4, -0.2) is 26.2 Å². The number of thioether (sulfide) groups is 1. The highest BCUT2D eigenvalue weighted by Gasteiger charge is 2.32. The van der Waals surface area contributed by atoms with E-state index >= 15 is 0 Å². The van der Waals surface area contributed by atoms with Crippen molar-refractivity contribution in [2.75, 3.05) is 0 Å². The molecule has 0 bridgehead atoms. The number of carbonyl (C=O) groups is 1. The van der Waals surface area contributed by atoms with Crippen molar-refractivity contribution < 1.29 is 4.79 Å². The number of aromatic nitrogens is 2. The van der Waals surface area contributed by atoms with E-state index in [1.165, 1.54) is 23.1 Å². The average molecular weight is 419 g/mol. The fourth-order valence-electron chi connectivity index (χ4n) is 2.56. The molecule has 0 unspecified atom stereocenters. The minimum atomic E-state index is -0.952. The molecule has 0 saturated heterocycles. The smallest absolute Gasteiger partial charge is 0.263 e. The summed E-state index contributed by atoms with van der Waals surface area (Å²) < 4.78 is 1.55. The maximum absolute atomic E-state index is 13.0. The molecule has 150 valence electrons. The number of allylic oxidation sites excluding steroid dienone is 1. The molecular formula is C20H26N4O2S2. The van der Waals surface area contributed by atoms with E-state index in [2.05, 4.69) is 22.9 Å². The SMILES string of the molecule is C=CCn1c(S[C@H](C)C(=O)N[C@@](C)(C#N)C(C)C)nc2sc(C)c(C)c2c1=O. The molecule has 2 aromatic heterocycles. The van der Waals surface area contributed by atoms with Crippen LogP contribution in [0.25, 0.3) is 10.2 Å². The second kappa shape index (κ2) is 8.50. The molecule has 0 aliphatic heterocycles. The minimum Gasteiger partial charge on any atom is -0.337 e. The average Bonchev–Trinajstić information content (AvgIpc) is 2.91. The van der Waals surface area contributed by atoms with Gasteiger partial charge in [0.25, 0.3) is 5.56 Å². The number of aryl methyl sites for hydroxylation is 2. The number of fused-ring (bicyclic) bond motifs is 1. The Morgan fingerprint density at radius 2 is 2.11 bits per heavy atom. The van der Waals surface area contributed by atoms with Crippen LogP contribution in [0.5, 0.6) is 0 Å². The number of nitrogens with zero attached hydrogens (tertiary/aromatic N) is 3. The summed E-state index contributed by atoms with van der Waals surface area (Å²) in [5.74, 6) is -0.301. The Morgan fingerprint density at radius 1 is 1.46 bits per heavy atom. The molecule has 2 heterocycles. The van der Waals surface area contributed by atoms with Crippen LogP contribution >= 0.6 is 23.1 Å². The van der Waals surface area contributed by atoms with E-state index in [9.17, 15) is 14.9 Å². The highest BCUT2D eigenvalue weighted by molar-refractivity contribution is 8.00. The monoisotopic (exact) mass is 418 g/mol. The van der Waals surface area contributed by atoms with E-state index in [0.29, 0.717) is 21.9 Å². The summed E-state index contributed by atoms with van der Waals surface area (Å²) in [4.78, 5) is 32.1. The largest absolute Gasteiger partial charge is 0.337 e. The standard InChI is InChI=1S/C20H26N4O2S2/c1-8-9-24-18(26)15-12(4)13(5)27-17(15)22-19(24)28-14(6)16(25)23-20(7,10-21)11(2)3/h8,11,14H,1,9H2,2-7H3,(H,23,25)/t14-,20+/m1/s1. The summed E-state index contributed by atoms with van der Waals surface area (Å²) in [5, 5.41) is 12.8. The Hall–Kier alpha value is -2.11.